The average Bonchev–Trinajstić information content (AvgIpc) is 2.59. The van der Waals surface area contributed by atoms with E-state index in [2.05, 4.69) is 38.4 Å². The van der Waals surface area contributed by atoms with E-state index in [1.165, 1.54) is 5.57 Å². The van der Waals surface area contributed by atoms with Gasteiger partial charge in [-0.05, 0) is 40.1 Å². The molecule has 84 valence electrons. The lowest BCUT2D eigenvalue weighted by atomic mass is 10.1. The van der Waals surface area contributed by atoms with Crippen LogP contribution in [0.15, 0.2) is 53.2 Å². The van der Waals surface area contributed by atoms with Gasteiger partial charge in [0.15, 0.2) is 0 Å². The predicted molar refractivity (Wildman–Crippen MR) is 71.6 cm³/mol. The third-order valence-electron chi connectivity index (χ3n) is 2.69. The summed E-state index contributed by atoms with van der Waals surface area (Å²) in [5.41, 5.74) is 3.15. The minimum absolute atomic E-state index is 0.883. The van der Waals surface area contributed by atoms with Crippen LogP contribution in [0.2, 0.25) is 0 Å². The number of fused-ring (bicyclic) bond motifs is 1. The van der Waals surface area contributed by atoms with Gasteiger partial charge >= 0.3 is 0 Å². The molecule has 0 saturated carbocycles. The van der Waals surface area contributed by atoms with Crippen molar-refractivity contribution in [3.63, 3.8) is 0 Å². The summed E-state index contributed by atoms with van der Waals surface area (Å²) < 4.78 is 2.71. The molecule has 1 aliphatic rings. The Morgan fingerprint density at radius 1 is 1.18 bits per heavy atom. The lowest BCUT2D eigenvalue weighted by Gasteiger charge is -2.00. The van der Waals surface area contributed by atoms with E-state index in [0.29, 0.717) is 0 Å². The number of halogens is 1. The van der Waals surface area contributed by atoms with Gasteiger partial charge < -0.3 is 0 Å². The van der Waals surface area contributed by atoms with Crippen LogP contribution in [0.3, 0.4) is 0 Å². The van der Waals surface area contributed by atoms with Crippen LogP contribution < -0.4 is 0 Å². The summed E-state index contributed by atoms with van der Waals surface area (Å²) in [6.07, 6.45) is 11.2. The van der Waals surface area contributed by atoms with E-state index < -0.39 is 0 Å². The molecule has 2 aromatic heterocycles. The van der Waals surface area contributed by atoms with Crippen molar-refractivity contribution in [3.05, 3.63) is 58.9 Å². The van der Waals surface area contributed by atoms with Gasteiger partial charge in [0.25, 0.3) is 0 Å². The van der Waals surface area contributed by atoms with Crippen LogP contribution in [-0.2, 0) is 0 Å². The molecule has 0 amide bonds. The summed E-state index contributed by atoms with van der Waals surface area (Å²) in [6.45, 7) is 0. The Bertz CT molecular complexity index is 650. The maximum atomic E-state index is 4.27. The first kappa shape index (κ1) is 10.5. The topological polar surface area (TPSA) is 30.2 Å². The Kier molecular flexibility index (Phi) is 2.65. The molecule has 0 spiro atoms. The second-order valence-corrected chi connectivity index (χ2v) is 4.61. The predicted octanol–water partition coefficient (Wildman–Crippen LogP) is 3.39. The summed E-state index contributed by atoms with van der Waals surface area (Å²) >= 11 is 3.46. The van der Waals surface area contributed by atoms with Crippen LogP contribution in [0.25, 0.3) is 11.1 Å². The lowest BCUT2D eigenvalue weighted by molar-refractivity contribution is 0.836. The van der Waals surface area contributed by atoms with Gasteiger partial charge in [-0.3, -0.25) is 0 Å². The Labute approximate surface area is 107 Å². The molecule has 2 aromatic rings. The highest BCUT2D eigenvalue weighted by Crippen LogP contribution is 2.24. The van der Waals surface area contributed by atoms with Gasteiger partial charge in [0.05, 0.1) is 5.52 Å². The summed E-state index contributed by atoms with van der Waals surface area (Å²) in [5, 5.41) is 8.42. The number of aromatic nitrogens is 3. The standard InChI is InChI=1S/C13H10BrN3/c14-12-9-5-8-11-13(15-16-17(11)12)10-6-3-1-2-4-7-10/h1-6,8-9H,7H2. The van der Waals surface area contributed by atoms with Crippen LogP contribution in [0, 0.1) is 0 Å². The Morgan fingerprint density at radius 2 is 2.12 bits per heavy atom. The van der Waals surface area contributed by atoms with Gasteiger partial charge in [0, 0.05) is 0 Å². The fourth-order valence-electron chi connectivity index (χ4n) is 1.87. The van der Waals surface area contributed by atoms with Crippen LogP contribution in [0.1, 0.15) is 12.1 Å². The smallest absolute Gasteiger partial charge is 0.117 e. The van der Waals surface area contributed by atoms with Crippen LogP contribution >= 0.6 is 15.9 Å². The molecule has 0 unspecified atom stereocenters. The minimum Gasteiger partial charge on any atom is -0.206 e. The van der Waals surface area contributed by atoms with Gasteiger partial charge in [-0.15, -0.1) is 5.10 Å². The van der Waals surface area contributed by atoms with E-state index in [4.69, 9.17) is 0 Å². The summed E-state index contributed by atoms with van der Waals surface area (Å²) in [6, 6.07) is 5.97. The second kappa shape index (κ2) is 4.30. The molecule has 0 fully saturated rings. The molecule has 0 N–H and O–H groups in total. The zero-order valence-electron chi connectivity index (χ0n) is 9.05. The SMILES string of the molecule is Brc1cccc2c(C3=CC=CC=CC3)nnn12. The third-order valence-corrected chi connectivity index (χ3v) is 3.29. The molecule has 0 bridgehead atoms. The Balaban J connectivity index is 2.18. The number of hydrogen-bond donors (Lipinski definition) is 0. The number of nitrogens with zero attached hydrogens (tertiary/aromatic N) is 3. The van der Waals surface area contributed by atoms with E-state index in [1.54, 1.807) is 4.52 Å². The largest absolute Gasteiger partial charge is 0.206 e. The Hall–Kier alpha value is -1.68. The zero-order valence-corrected chi connectivity index (χ0v) is 10.6. The minimum atomic E-state index is 0.883. The van der Waals surface area contributed by atoms with Crippen molar-refractivity contribution in [3.8, 4) is 0 Å². The maximum Gasteiger partial charge on any atom is 0.117 e. The van der Waals surface area contributed by atoms with Crippen molar-refractivity contribution in [1.29, 1.82) is 0 Å². The van der Waals surface area contributed by atoms with Crippen LogP contribution in [0.4, 0.5) is 0 Å². The van der Waals surface area contributed by atoms with Crippen molar-refractivity contribution in [2.45, 2.75) is 6.42 Å². The summed E-state index contributed by atoms with van der Waals surface area (Å²) in [5.74, 6) is 0. The summed E-state index contributed by atoms with van der Waals surface area (Å²) in [7, 11) is 0. The molecule has 3 rings (SSSR count). The molecule has 3 nitrogen and oxygen atoms in total. The normalized spacial score (nSPS) is 15.0. The zero-order chi connectivity index (χ0) is 11.7. The van der Waals surface area contributed by atoms with Gasteiger partial charge in [-0.2, -0.15) is 0 Å². The Morgan fingerprint density at radius 3 is 3.06 bits per heavy atom. The molecule has 0 saturated heterocycles. The highest BCUT2D eigenvalue weighted by atomic mass is 79.9. The van der Waals surface area contributed by atoms with E-state index in [1.807, 2.05) is 36.4 Å². The lowest BCUT2D eigenvalue weighted by Crippen LogP contribution is -1.88. The molecular formula is C13H10BrN3. The molecule has 0 aliphatic heterocycles. The molecule has 0 aromatic carbocycles. The molecule has 4 heteroatoms. The van der Waals surface area contributed by atoms with Gasteiger partial charge in [0.1, 0.15) is 10.3 Å². The third kappa shape index (κ3) is 1.85. The number of hydrogen-bond acceptors (Lipinski definition) is 2. The van der Waals surface area contributed by atoms with Crippen molar-refractivity contribution in [1.82, 2.24) is 14.8 Å². The van der Waals surface area contributed by atoms with Gasteiger partial charge in [0.2, 0.25) is 0 Å². The van der Waals surface area contributed by atoms with E-state index >= 15 is 0 Å². The van der Waals surface area contributed by atoms with Gasteiger partial charge in [-0.1, -0.05) is 41.7 Å². The number of rotatable bonds is 1. The van der Waals surface area contributed by atoms with Crippen LogP contribution in [0.5, 0.6) is 0 Å². The quantitative estimate of drug-likeness (QED) is 0.753. The first-order valence-corrected chi connectivity index (χ1v) is 6.18. The van der Waals surface area contributed by atoms with E-state index in [0.717, 1.165) is 22.2 Å². The van der Waals surface area contributed by atoms with Crippen molar-refractivity contribution in [2.24, 2.45) is 0 Å². The van der Waals surface area contributed by atoms with Crippen molar-refractivity contribution in [2.75, 3.05) is 0 Å². The van der Waals surface area contributed by atoms with Crippen LogP contribution in [-0.4, -0.2) is 14.8 Å². The first-order chi connectivity index (χ1) is 8.36. The monoisotopic (exact) mass is 287 g/mol. The highest BCUT2D eigenvalue weighted by molar-refractivity contribution is 9.10. The number of pyridine rings is 1. The fraction of sp³-hybridized carbons (Fsp3) is 0.0769. The van der Waals surface area contributed by atoms with Crippen molar-refractivity contribution >= 4 is 27.0 Å². The highest BCUT2D eigenvalue weighted by Gasteiger charge is 2.11. The fourth-order valence-corrected chi connectivity index (χ4v) is 2.28. The molecule has 0 radical (unpaired) electrons. The number of allylic oxidation sites excluding steroid dienone is 6. The van der Waals surface area contributed by atoms with Gasteiger partial charge in [-0.25, -0.2) is 4.52 Å². The molecule has 1 aliphatic carbocycles. The van der Waals surface area contributed by atoms with E-state index in [-0.39, 0.29) is 0 Å². The van der Waals surface area contributed by atoms with Crippen molar-refractivity contribution < 1.29 is 0 Å². The maximum absolute atomic E-state index is 4.27. The van der Waals surface area contributed by atoms with E-state index in [9.17, 15) is 0 Å². The summed E-state index contributed by atoms with van der Waals surface area (Å²) in [4.78, 5) is 0. The molecule has 0 atom stereocenters. The first-order valence-electron chi connectivity index (χ1n) is 5.39. The molecular weight excluding hydrogens is 278 g/mol. The second-order valence-electron chi connectivity index (χ2n) is 3.79. The molecule has 2 heterocycles. The molecule has 17 heavy (non-hydrogen) atoms. The average molecular weight is 288 g/mol.